The first kappa shape index (κ1) is 19.0. The van der Waals surface area contributed by atoms with Crippen LogP contribution in [0.5, 0.6) is 0 Å². The Labute approximate surface area is 158 Å². The maximum Gasteiger partial charge on any atom is 0.262 e. The van der Waals surface area contributed by atoms with Crippen molar-refractivity contribution in [3.05, 3.63) is 34.6 Å². The molecule has 0 N–H and O–H groups in total. The lowest BCUT2D eigenvalue weighted by atomic mass is 9.92. The van der Waals surface area contributed by atoms with Crippen LogP contribution in [0.1, 0.15) is 33.6 Å². The molecule has 5 nitrogen and oxygen atoms in total. The van der Waals surface area contributed by atoms with Crippen LogP contribution >= 0.6 is 11.8 Å². The lowest BCUT2D eigenvalue weighted by Crippen LogP contribution is -2.43. The first-order chi connectivity index (χ1) is 12.5. The molecule has 2 heterocycles. The van der Waals surface area contributed by atoms with Crippen molar-refractivity contribution in [1.82, 2.24) is 14.5 Å². The quantitative estimate of drug-likeness (QED) is 0.595. The summed E-state index contributed by atoms with van der Waals surface area (Å²) in [6, 6.07) is 7.41. The predicted molar refractivity (Wildman–Crippen MR) is 107 cm³/mol. The number of piperidine rings is 1. The Hall–Kier alpha value is -1.82. The number of thioether (sulfide) groups is 1. The van der Waals surface area contributed by atoms with Crippen LogP contribution in [0.15, 0.2) is 34.2 Å². The summed E-state index contributed by atoms with van der Waals surface area (Å²) in [6.45, 7) is 8.72. The summed E-state index contributed by atoms with van der Waals surface area (Å²) < 4.78 is 1.71. The number of aromatic nitrogens is 2. The molecule has 0 aliphatic carbocycles. The van der Waals surface area contributed by atoms with Gasteiger partial charge in [0.05, 0.1) is 16.7 Å². The number of hydrogen-bond acceptors (Lipinski definition) is 4. The zero-order chi connectivity index (χ0) is 18.7. The summed E-state index contributed by atoms with van der Waals surface area (Å²) in [6.07, 6.45) is 2.03. The molecule has 1 aromatic heterocycles. The standard InChI is InChI=1S/C20H27N3O2S/c1-4-9-23-19(25)16-7-5-6-8-17(16)21-20(23)26-13-18(24)22-11-14(2)10-15(3)12-22/h5-8,14-15H,4,9-13H2,1-3H3/t14-,15-/m1/s1. The van der Waals surface area contributed by atoms with E-state index >= 15 is 0 Å². The highest BCUT2D eigenvalue weighted by molar-refractivity contribution is 7.99. The van der Waals surface area contributed by atoms with E-state index < -0.39 is 0 Å². The molecule has 6 heteroatoms. The van der Waals surface area contributed by atoms with Crippen LogP contribution in [0.3, 0.4) is 0 Å². The van der Waals surface area contributed by atoms with E-state index in [0.717, 1.165) is 19.5 Å². The van der Waals surface area contributed by atoms with Crippen LogP contribution in [-0.4, -0.2) is 39.2 Å². The van der Waals surface area contributed by atoms with Crippen molar-refractivity contribution in [1.29, 1.82) is 0 Å². The zero-order valence-electron chi connectivity index (χ0n) is 15.8. The minimum absolute atomic E-state index is 0.0207. The largest absolute Gasteiger partial charge is 0.341 e. The second-order valence-corrected chi connectivity index (χ2v) is 8.34. The predicted octanol–water partition coefficient (Wildman–Crippen LogP) is 3.40. The molecular weight excluding hydrogens is 346 g/mol. The fourth-order valence-corrected chi connectivity index (χ4v) is 4.69. The Morgan fingerprint density at radius 1 is 1.23 bits per heavy atom. The highest BCUT2D eigenvalue weighted by atomic mass is 32.2. The Balaban J connectivity index is 1.80. The molecule has 1 aromatic carbocycles. The molecule has 140 valence electrons. The van der Waals surface area contributed by atoms with Crippen molar-refractivity contribution in [3.63, 3.8) is 0 Å². The zero-order valence-corrected chi connectivity index (χ0v) is 16.6. The number of benzene rings is 1. The number of amides is 1. The molecule has 1 saturated heterocycles. The normalized spacial score (nSPS) is 20.5. The van der Waals surface area contributed by atoms with Gasteiger partial charge in [0.25, 0.3) is 5.56 Å². The molecule has 2 aromatic rings. The van der Waals surface area contributed by atoms with Crippen molar-refractivity contribution in [3.8, 4) is 0 Å². The Morgan fingerprint density at radius 2 is 1.92 bits per heavy atom. The van der Waals surface area contributed by atoms with Gasteiger partial charge < -0.3 is 4.90 Å². The van der Waals surface area contributed by atoms with E-state index in [0.29, 0.717) is 40.2 Å². The van der Waals surface area contributed by atoms with E-state index in [9.17, 15) is 9.59 Å². The Kier molecular flexibility index (Phi) is 6.01. The fraction of sp³-hybridized carbons (Fsp3) is 0.550. The first-order valence-electron chi connectivity index (χ1n) is 9.39. The summed E-state index contributed by atoms with van der Waals surface area (Å²) in [5.41, 5.74) is 0.674. The average molecular weight is 374 g/mol. The smallest absolute Gasteiger partial charge is 0.262 e. The van der Waals surface area contributed by atoms with Crippen LogP contribution in [0.2, 0.25) is 0 Å². The number of carbonyl (C=O) groups is 1. The maximum atomic E-state index is 12.8. The molecule has 1 fully saturated rings. The van der Waals surface area contributed by atoms with Gasteiger partial charge in [0.1, 0.15) is 0 Å². The van der Waals surface area contributed by atoms with Gasteiger partial charge in [-0.1, -0.05) is 44.7 Å². The molecule has 2 atom stereocenters. The summed E-state index contributed by atoms with van der Waals surface area (Å²) >= 11 is 1.38. The van der Waals surface area contributed by atoms with Gasteiger partial charge in [-0.3, -0.25) is 14.2 Å². The van der Waals surface area contributed by atoms with Gasteiger partial charge >= 0.3 is 0 Å². The molecule has 3 rings (SSSR count). The number of fused-ring (bicyclic) bond motifs is 1. The van der Waals surface area contributed by atoms with Gasteiger partial charge in [0.2, 0.25) is 5.91 Å². The summed E-state index contributed by atoms with van der Waals surface area (Å²) in [4.78, 5) is 32.1. The van der Waals surface area contributed by atoms with Crippen LogP contribution in [0, 0.1) is 11.8 Å². The molecule has 26 heavy (non-hydrogen) atoms. The third kappa shape index (κ3) is 4.11. The van der Waals surface area contributed by atoms with E-state index in [-0.39, 0.29) is 11.5 Å². The molecule has 0 spiro atoms. The second kappa shape index (κ2) is 8.25. The number of carbonyl (C=O) groups excluding carboxylic acids is 1. The molecule has 0 unspecified atom stereocenters. The molecular formula is C20H27N3O2S. The van der Waals surface area contributed by atoms with Gasteiger partial charge in [0.15, 0.2) is 5.16 Å². The van der Waals surface area contributed by atoms with Crippen molar-refractivity contribution in [2.24, 2.45) is 11.8 Å². The number of rotatable bonds is 5. The lowest BCUT2D eigenvalue weighted by molar-refractivity contribution is -0.130. The van der Waals surface area contributed by atoms with Crippen LogP contribution in [0.4, 0.5) is 0 Å². The van der Waals surface area contributed by atoms with E-state index in [2.05, 4.69) is 18.8 Å². The van der Waals surface area contributed by atoms with Crippen LogP contribution in [-0.2, 0) is 11.3 Å². The first-order valence-corrected chi connectivity index (χ1v) is 10.4. The van der Waals surface area contributed by atoms with Crippen LogP contribution in [0.25, 0.3) is 10.9 Å². The van der Waals surface area contributed by atoms with E-state index in [1.54, 1.807) is 4.57 Å². The number of hydrogen-bond donors (Lipinski definition) is 0. The fourth-order valence-electron chi connectivity index (χ4n) is 3.76. The second-order valence-electron chi connectivity index (χ2n) is 7.40. The molecule has 1 amide bonds. The van der Waals surface area contributed by atoms with E-state index in [1.807, 2.05) is 36.1 Å². The average Bonchev–Trinajstić information content (AvgIpc) is 2.61. The molecule has 1 aliphatic heterocycles. The van der Waals surface area contributed by atoms with E-state index in [1.165, 1.54) is 18.2 Å². The topological polar surface area (TPSA) is 55.2 Å². The Bertz CT molecular complexity index is 839. The van der Waals surface area contributed by atoms with Gasteiger partial charge in [-0.15, -0.1) is 0 Å². The minimum atomic E-state index is -0.0207. The van der Waals surface area contributed by atoms with Gasteiger partial charge in [-0.2, -0.15) is 0 Å². The molecule has 0 saturated carbocycles. The van der Waals surface area contributed by atoms with Gasteiger partial charge in [-0.05, 0) is 36.8 Å². The van der Waals surface area contributed by atoms with Crippen molar-refractivity contribution < 1.29 is 4.79 Å². The molecule has 0 radical (unpaired) electrons. The van der Waals surface area contributed by atoms with Gasteiger partial charge in [-0.25, -0.2) is 4.98 Å². The number of likely N-dealkylation sites (tertiary alicyclic amines) is 1. The highest BCUT2D eigenvalue weighted by Gasteiger charge is 2.25. The monoisotopic (exact) mass is 373 g/mol. The van der Waals surface area contributed by atoms with Gasteiger partial charge in [0, 0.05) is 19.6 Å². The molecule has 0 bridgehead atoms. The van der Waals surface area contributed by atoms with Crippen molar-refractivity contribution in [2.75, 3.05) is 18.8 Å². The van der Waals surface area contributed by atoms with Crippen LogP contribution < -0.4 is 5.56 Å². The van der Waals surface area contributed by atoms with Crippen molar-refractivity contribution in [2.45, 2.75) is 45.3 Å². The van der Waals surface area contributed by atoms with Crippen molar-refractivity contribution >= 4 is 28.6 Å². The summed E-state index contributed by atoms with van der Waals surface area (Å²) in [5, 5.41) is 1.28. The summed E-state index contributed by atoms with van der Waals surface area (Å²) in [7, 11) is 0. The number of nitrogens with zero attached hydrogens (tertiary/aromatic N) is 3. The lowest BCUT2D eigenvalue weighted by Gasteiger charge is -2.35. The minimum Gasteiger partial charge on any atom is -0.341 e. The molecule has 1 aliphatic rings. The third-order valence-electron chi connectivity index (χ3n) is 4.82. The SMILES string of the molecule is CCCn1c(SCC(=O)N2C[C@H](C)C[C@@H](C)C2)nc2ccccc2c1=O. The number of para-hydroxylation sites is 1. The highest BCUT2D eigenvalue weighted by Crippen LogP contribution is 2.23. The Morgan fingerprint density at radius 3 is 2.62 bits per heavy atom. The third-order valence-corrected chi connectivity index (χ3v) is 5.78. The van der Waals surface area contributed by atoms with E-state index in [4.69, 9.17) is 0 Å². The summed E-state index contributed by atoms with van der Waals surface area (Å²) in [5.74, 6) is 1.56. The maximum absolute atomic E-state index is 12.8.